The van der Waals surface area contributed by atoms with Crippen LogP contribution in [0.1, 0.15) is 32.3 Å². The summed E-state index contributed by atoms with van der Waals surface area (Å²) in [5.74, 6) is 0.795. The van der Waals surface area contributed by atoms with Gasteiger partial charge in [0.15, 0.2) is 0 Å². The molecule has 1 saturated heterocycles. The van der Waals surface area contributed by atoms with Crippen molar-refractivity contribution in [3.05, 3.63) is 35.9 Å². The van der Waals surface area contributed by atoms with E-state index in [1.165, 1.54) is 37.9 Å². The molecule has 0 amide bonds. The van der Waals surface area contributed by atoms with Crippen molar-refractivity contribution in [3.63, 3.8) is 0 Å². The van der Waals surface area contributed by atoms with Gasteiger partial charge < -0.3 is 10.6 Å². The fraction of sp³-hybridized carbons (Fsp3) is 0.625. The van der Waals surface area contributed by atoms with Crippen LogP contribution in [0, 0.1) is 5.92 Å². The van der Waals surface area contributed by atoms with Crippen molar-refractivity contribution in [2.75, 3.05) is 19.6 Å². The number of likely N-dealkylation sites (tertiary alicyclic amines) is 1. The molecule has 1 fully saturated rings. The fourth-order valence-corrected chi connectivity index (χ4v) is 2.99. The van der Waals surface area contributed by atoms with Crippen molar-refractivity contribution in [1.82, 2.24) is 4.90 Å². The number of rotatable bonds is 4. The molecule has 0 aromatic heterocycles. The Kier molecular flexibility index (Phi) is 6.31. The van der Waals surface area contributed by atoms with Gasteiger partial charge in [0.2, 0.25) is 0 Å². The summed E-state index contributed by atoms with van der Waals surface area (Å²) in [6.45, 7) is 7.67. The molecule has 2 rings (SSSR count). The number of nitrogens with zero attached hydrogens (tertiary/aromatic N) is 1. The van der Waals surface area contributed by atoms with Gasteiger partial charge in [0.05, 0.1) is 0 Å². The fourth-order valence-electron chi connectivity index (χ4n) is 2.99. The summed E-state index contributed by atoms with van der Waals surface area (Å²) in [5.41, 5.74) is 7.52. The van der Waals surface area contributed by atoms with Gasteiger partial charge in [0, 0.05) is 18.6 Å². The molecule has 19 heavy (non-hydrogen) atoms. The normalized spacial score (nSPS) is 20.9. The van der Waals surface area contributed by atoms with E-state index in [0.717, 1.165) is 12.5 Å². The van der Waals surface area contributed by atoms with E-state index in [0.29, 0.717) is 0 Å². The van der Waals surface area contributed by atoms with Crippen molar-refractivity contribution in [2.45, 2.75) is 38.6 Å². The van der Waals surface area contributed by atoms with Crippen molar-refractivity contribution in [1.29, 1.82) is 0 Å². The Hall–Kier alpha value is -0.570. The minimum Gasteiger partial charge on any atom is -0.324 e. The van der Waals surface area contributed by atoms with Gasteiger partial charge in [-0.2, -0.15) is 0 Å². The smallest absolute Gasteiger partial charge is 0.0226 e. The summed E-state index contributed by atoms with van der Waals surface area (Å²) < 4.78 is 0. The monoisotopic (exact) mass is 282 g/mol. The van der Waals surface area contributed by atoms with Crippen LogP contribution in [0.25, 0.3) is 0 Å². The standard InChI is InChI=1S/C16H26N2.ClH/c1-16(2,17)13-18-10-6-9-15(12-18)11-14-7-4-3-5-8-14;/h3-5,7-8,15H,6,9-13,17H2,1-2H3;1H. The largest absolute Gasteiger partial charge is 0.324 e. The Bertz CT molecular complexity index is 359. The van der Waals surface area contributed by atoms with Gasteiger partial charge in [-0.15, -0.1) is 12.4 Å². The Morgan fingerprint density at radius 2 is 1.95 bits per heavy atom. The number of nitrogens with two attached hydrogens (primary N) is 1. The first kappa shape index (κ1) is 16.5. The van der Waals surface area contributed by atoms with Crippen LogP contribution in [-0.4, -0.2) is 30.1 Å². The Balaban J connectivity index is 0.00000180. The predicted octanol–water partition coefficient (Wildman–Crippen LogP) is 3.10. The zero-order valence-electron chi connectivity index (χ0n) is 12.1. The molecule has 1 aliphatic rings. The summed E-state index contributed by atoms with van der Waals surface area (Å²) in [7, 11) is 0. The Labute approximate surface area is 123 Å². The zero-order valence-corrected chi connectivity index (χ0v) is 13.0. The van der Waals surface area contributed by atoms with E-state index in [9.17, 15) is 0 Å². The third-order valence-electron chi connectivity index (χ3n) is 3.60. The second kappa shape index (κ2) is 7.28. The molecule has 0 spiro atoms. The minimum absolute atomic E-state index is 0. The van der Waals surface area contributed by atoms with Gasteiger partial charge in [0.25, 0.3) is 0 Å². The van der Waals surface area contributed by atoms with Crippen molar-refractivity contribution < 1.29 is 0 Å². The number of hydrogen-bond donors (Lipinski definition) is 1. The lowest BCUT2D eigenvalue weighted by Gasteiger charge is -2.36. The van der Waals surface area contributed by atoms with Gasteiger partial charge >= 0.3 is 0 Å². The number of hydrogen-bond acceptors (Lipinski definition) is 2. The summed E-state index contributed by atoms with van der Waals surface area (Å²) in [6.07, 6.45) is 3.88. The van der Waals surface area contributed by atoms with Crippen LogP contribution in [-0.2, 0) is 6.42 Å². The molecule has 108 valence electrons. The lowest BCUT2D eigenvalue weighted by atomic mass is 9.90. The van der Waals surface area contributed by atoms with Crippen LogP contribution in [0.3, 0.4) is 0 Å². The van der Waals surface area contributed by atoms with E-state index in [2.05, 4.69) is 49.1 Å². The first-order valence-corrected chi connectivity index (χ1v) is 7.08. The topological polar surface area (TPSA) is 29.3 Å². The molecule has 0 aliphatic carbocycles. The third kappa shape index (κ3) is 5.94. The van der Waals surface area contributed by atoms with Crippen molar-refractivity contribution in [2.24, 2.45) is 11.7 Å². The van der Waals surface area contributed by atoms with Crippen LogP contribution >= 0.6 is 12.4 Å². The third-order valence-corrected chi connectivity index (χ3v) is 3.60. The van der Waals surface area contributed by atoms with Crippen molar-refractivity contribution >= 4 is 12.4 Å². The van der Waals surface area contributed by atoms with Crippen LogP contribution in [0.4, 0.5) is 0 Å². The van der Waals surface area contributed by atoms with Crippen LogP contribution < -0.4 is 5.73 Å². The summed E-state index contributed by atoms with van der Waals surface area (Å²) in [4.78, 5) is 2.54. The quantitative estimate of drug-likeness (QED) is 0.919. The zero-order chi connectivity index (χ0) is 13.0. The maximum absolute atomic E-state index is 6.12. The average molecular weight is 283 g/mol. The lowest BCUT2D eigenvalue weighted by Crippen LogP contribution is -2.48. The number of benzene rings is 1. The van der Waals surface area contributed by atoms with E-state index in [4.69, 9.17) is 5.73 Å². The Morgan fingerprint density at radius 1 is 1.26 bits per heavy atom. The molecular formula is C16H27ClN2. The van der Waals surface area contributed by atoms with Crippen LogP contribution in [0.5, 0.6) is 0 Å². The van der Waals surface area contributed by atoms with Crippen LogP contribution in [0.2, 0.25) is 0 Å². The maximum atomic E-state index is 6.12. The van der Waals surface area contributed by atoms with Gasteiger partial charge in [-0.05, 0) is 51.1 Å². The molecule has 0 radical (unpaired) electrons. The van der Waals surface area contributed by atoms with E-state index in [-0.39, 0.29) is 17.9 Å². The van der Waals surface area contributed by atoms with Gasteiger partial charge in [0.1, 0.15) is 0 Å². The van der Waals surface area contributed by atoms with E-state index in [1.807, 2.05) is 0 Å². The second-order valence-electron chi connectivity index (χ2n) is 6.42. The highest BCUT2D eigenvalue weighted by Crippen LogP contribution is 2.21. The van der Waals surface area contributed by atoms with E-state index < -0.39 is 0 Å². The maximum Gasteiger partial charge on any atom is 0.0226 e. The molecule has 1 aromatic rings. The summed E-state index contributed by atoms with van der Waals surface area (Å²) >= 11 is 0. The van der Waals surface area contributed by atoms with E-state index in [1.54, 1.807) is 0 Å². The van der Waals surface area contributed by atoms with Gasteiger partial charge in [-0.3, -0.25) is 0 Å². The van der Waals surface area contributed by atoms with Gasteiger partial charge in [-0.1, -0.05) is 30.3 Å². The molecular weight excluding hydrogens is 256 g/mol. The molecule has 1 atom stereocenters. The first-order chi connectivity index (χ1) is 8.53. The van der Waals surface area contributed by atoms with Gasteiger partial charge in [-0.25, -0.2) is 0 Å². The van der Waals surface area contributed by atoms with E-state index >= 15 is 0 Å². The molecule has 2 nitrogen and oxygen atoms in total. The molecule has 3 heteroatoms. The lowest BCUT2D eigenvalue weighted by molar-refractivity contribution is 0.148. The van der Waals surface area contributed by atoms with Crippen molar-refractivity contribution in [3.8, 4) is 0 Å². The Morgan fingerprint density at radius 3 is 2.58 bits per heavy atom. The molecule has 1 aliphatic heterocycles. The molecule has 1 unspecified atom stereocenters. The average Bonchev–Trinajstić information content (AvgIpc) is 2.28. The molecule has 1 heterocycles. The first-order valence-electron chi connectivity index (χ1n) is 7.08. The minimum atomic E-state index is -0.0748. The number of piperidine rings is 1. The highest BCUT2D eigenvalue weighted by atomic mass is 35.5. The summed E-state index contributed by atoms with van der Waals surface area (Å²) in [6, 6.07) is 10.9. The molecule has 0 bridgehead atoms. The molecule has 1 aromatic carbocycles. The predicted molar refractivity (Wildman–Crippen MR) is 84.8 cm³/mol. The number of halogens is 1. The van der Waals surface area contributed by atoms with Crippen LogP contribution in [0.15, 0.2) is 30.3 Å². The highest BCUT2D eigenvalue weighted by molar-refractivity contribution is 5.85. The summed E-state index contributed by atoms with van der Waals surface area (Å²) in [5, 5.41) is 0. The second-order valence-corrected chi connectivity index (χ2v) is 6.42. The molecule has 0 saturated carbocycles. The highest BCUT2D eigenvalue weighted by Gasteiger charge is 2.23. The molecule has 2 N–H and O–H groups in total. The SMILES string of the molecule is CC(C)(N)CN1CCCC(Cc2ccccc2)C1.Cl.